The number of amides is 2. The van der Waals surface area contributed by atoms with E-state index in [0.29, 0.717) is 11.2 Å². The Morgan fingerprint density at radius 1 is 1.29 bits per heavy atom. The van der Waals surface area contributed by atoms with Crippen molar-refractivity contribution in [1.29, 1.82) is 0 Å². The third-order valence-electron chi connectivity index (χ3n) is 4.09. The summed E-state index contributed by atoms with van der Waals surface area (Å²) < 4.78 is 1.02. The van der Waals surface area contributed by atoms with E-state index in [-0.39, 0.29) is 23.3 Å². The molecule has 0 aliphatic carbocycles. The third-order valence-corrected chi connectivity index (χ3v) is 4.09. The molecule has 0 spiro atoms. The van der Waals surface area contributed by atoms with Gasteiger partial charge in [0.15, 0.2) is 5.66 Å². The number of nitrogens with two attached hydrogens (primary N) is 4. The summed E-state index contributed by atoms with van der Waals surface area (Å²) in [6.07, 6.45) is -0.236. The van der Waals surface area contributed by atoms with E-state index in [1.807, 2.05) is 0 Å². The molecular weight excluding hydrogens is 314 g/mol. The number of carbonyl (C=O) groups is 2. The van der Waals surface area contributed by atoms with Crippen LogP contribution in [0.25, 0.3) is 10.9 Å². The summed E-state index contributed by atoms with van der Waals surface area (Å²) in [4.78, 5) is 41.1. The van der Waals surface area contributed by atoms with Crippen molar-refractivity contribution in [1.82, 2.24) is 14.9 Å². The molecule has 10 nitrogen and oxygen atoms in total. The minimum atomic E-state index is -1.84. The third kappa shape index (κ3) is 2.12. The second-order valence-electron chi connectivity index (χ2n) is 5.86. The molecule has 1 aromatic carbocycles. The average Bonchev–Trinajstić information content (AvgIpc) is 2.43. The highest BCUT2D eigenvalue weighted by atomic mass is 16.2. The fourth-order valence-electron chi connectivity index (χ4n) is 2.97. The summed E-state index contributed by atoms with van der Waals surface area (Å²) >= 11 is 0. The van der Waals surface area contributed by atoms with E-state index in [1.165, 1.54) is 19.1 Å². The minimum Gasteiger partial charge on any atom is -0.399 e. The van der Waals surface area contributed by atoms with Crippen molar-refractivity contribution in [2.75, 3.05) is 11.5 Å². The standard InChI is InChI=1S/C14H17N7O3/c1-5-19-9-3-6(15)2-7(16)10(9)12(23)21(5)14(18)4-8(17)11(22)20-13(14)24/h2-3,8H,4,15-18H2,1H3,(H,20,22,24). The number of benzene rings is 1. The van der Waals surface area contributed by atoms with Gasteiger partial charge in [-0.25, -0.2) is 4.98 Å². The molecule has 1 fully saturated rings. The molecule has 9 N–H and O–H groups in total. The Morgan fingerprint density at radius 2 is 1.96 bits per heavy atom. The number of imide groups is 1. The van der Waals surface area contributed by atoms with Gasteiger partial charge in [0.2, 0.25) is 5.91 Å². The van der Waals surface area contributed by atoms with Crippen molar-refractivity contribution in [3.8, 4) is 0 Å². The number of aromatic nitrogens is 2. The Morgan fingerprint density at radius 3 is 2.62 bits per heavy atom. The molecule has 0 saturated carbocycles. The Balaban J connectivity index is 2.33. The second-order valence-corrected chi connectivity index (χ2v) is 5.86. The SMILES string of the molecule is Cc1nc2cc(N)cc(N)c2c(=O)n1C1(N)CC(N)C(=O)NC1=O. The van der Waals surface area contributed by atoms with E-state index < -0.39 is 29.1 Å². The fraction of sp³-hybridized carbons (Fsp3) is 0.286. The number of fused-ring (bicyclic) bond motifs is 1. The van der Waals surface area contributed by atoms with Crippen LogP contribution >= 0.6 is 0 Å². The zero-order valence-electron chi connectivity index (χ0n) is 12.9. The summed E-state index contributed by atoms with van der Waals surface area (Å²) in [5.41, 5.74) is 21.8. The van der Waals surface area contributed by atoms with Gasteiger partial charge in [-0.05, 0) is 19.1 Å². The molecule has 2 aromatic rings. The summed E-state index contributed by atoms with van der Waals surface area (Å²) in [7, 11) is 0. The highest BCUT2D eigenvalue weighted by Gasteiger charge is 2.46. The van der Waals surface area contributed by atoms with Crippen LogP contribution in [0, 0.1) is 6.92 Å². The number of anilines is 2. The maximum absolute atomic E-state index is 12.9. The molecule has 1 saturated heterocycles. The lowest BCUT2D eigenvalue weighted by molar-refractivity contribution is -0.142. The van der Waals surface area contributed by atoms with Gasteiger partial charge in [0.25, 0.3) is 11.5 Å². The van der Waals surface area contributed by atoms with Gasteiger partial charge in [0.05, 0.1) is 16.9 Å². The van der Waals surface area contributed by atoms with Crippen molar-refractivity contribution in [3.63, 3.8) is 0 Å². The summed E-state index contributed by atoms with van der Waals surface area (Å²) in [5.74, 6) is -1.29. The molecule has 0 radical (unpaired) electrons. The van der Waals surface area contributed by atoms with Crippen molar-refractivity contribution >= 4 is 34.1 Å². The first kappa shape index (κ1) is 15.9. The molecule has 2 amide bonds. The monoisotopic (exact) mass is 331 g/mol. The molecule has 1 aliphatic heterocycles. The summed E-state index contributed by atoms with van der Waals surface area (Å²) in [6.45, 7) is 1.52. The van der Waals surface area contributed by atoms with Crippen LogP contribution in [0.4, 0.5) is 11.4 Å². The lowest BCUT2D eigenvalue weighted by atomic mass is 9.94. The molecule has 2 heterocycles. The van der Waals surface area contributed by atoms with Gasteiger partial charge in [-0.1, -0.05) is 0 Å². The molecule has 1 aliphatic rings. The molecule has 2 unspecified atom stereocenters. The number of rotatable bonds is 1. The second kappa shape index (κ2) is 5.01. The molecule has 0 bridgehead atoms. The van der Waals surface area contributed by atoms with Crippen molar-refractivity contribution in [2.45, 2.75) is 25.0 Å². The number of carbonyl (C=O) groups excluding carboxylic acids is 2. The van der Waals surface area contributed by atoms with Gasteiger partial charge in [-0.2, -0.15) is 0 Å². The summed E-state index contributed by atoms with van der Waals surface area (Å²) in [5, 5.41) is 2.17. The van der Waals surface area contributed by atoms with Gasteiger partial charge in [-0.3, -0.25) is 24.3 Å². The normalized spacial score (nSPS) is 24.2. The van der Waals surface area contributed by atoms with Gasteiger partial charge in [0.1, 0.15) is 5.82 Å². The molecular formula is C14H17N7O3. The number of nitrogens with zero attached hydrogens (tertiary/aromatic N) is 2. The Hall–Kier alpha value is -2.98. The van der Waals surface area contributed by atoms with E-state index in [0.717, 1.165) is 4.57 Å². The number of hydrogen-bond acceptors (Lipinski definition) is 8. The van der Waals surface area contributed by atoms with E-state index in [9.17, 15) is 14.4 Å². The number of nitrogens with one attached hydrogen (secondary N) is 1. The first-order chi connectivity index (χ1) is 11.1. The molecule has 10 heteroatoms. The predicted molar refractivity (Wildman–Crippen MR) is 87.5 cm³/mol. The van der Waals surface area contributed by atoms with Crippen LogP contribution in [0.1, 0.15) is 12.2 Å². The largest absolute Gasteiger partial charge is 0.399 e. The van der Waals surface area contributed by atoms with Crippen LogP contribution < -0.4 is 33.8 Å². The van der Waals surface area contributed by atoms with Crippen molar-refractivity contribution in [2.24, 2.45) is 11.5 Å². The first-order valence-electron chi connectivity index (χ1n) is 7.13. The number of piperidine rings is 1. The van der Waals surface area contributed by atoms with Gasteiger partial charge < -0.3 is 22.9 Å². The van der Waals surface area contributed by atoms with Crippen LogP contribution in [0.5, 0.6) is 0 Å². The smallest absolute Gasteiger partial charge is 0.267 e. The molecule has 2 atom stereocenters. The number of nitrogen functional groups attached to an aromatic ring is 2. The lowest BCUT2D eigenvalue weighted by Gasteiger charge is -2.36. The highest BCUT2D eigenvalue weighted by Crippen LogP contribution is 2.25. The van der Waals surface area contributed by atoms with Crippen molar-refractivity contribution in [3.05, 3.63) is 28.3 Å². The average molecular weight is 331 g/mol. The van der Waals surface area contributed by atoms with Crippen LogP contribution in [-0.4, -0.2) is 27.4 Å². The fourth-order valence-corrected chi connectivity index (χ4v) is 2.97. The highest BCUT2D eigenvalue weighted by molar-refractivity contribution is 6.04. The van der Waals surface area contributed by atoms with Gasteiger partial charge >= 0.3 is 0 Å². The van der Waals surface area contributed by atoms with Crippen LogP contribution in [0.2, 0.25) is 0 Å². The quantitative estimate of drug-likeness (QED) is 0.289. The number of hydrogen-bond donors (Lipinski definition) is 5. The maximum atomic E-state index is 12.9. The summed E-state index contributed by atoms with van der Waals surface area (Å²) in [6, 6.07) is 1.90. The zero-order valence-corrected chi connectivity index (χ0v) is 12.9. The Bertz CT molecular complexity index is 952. The molecule has 126 valence electrons. The first-order valence-corrected chi connectivity index (χ1v) is 7.13. The van der Waals surface area contributed by atoms with Crippen LogP contribution in [-0.2, 0) is 15.3 Å². The van der Waals surface area contributed by atoms with Crippen molar-refractivity contribution < 1.29 is 9.59 Å². The van der Waals surface area contributed by atoms with Gasteiger partial charge in [-0.15, -0.1) is 0 Å². The molecule has 24 heavy (non-hydrogen) atoms. The van der Waals surface area contributed by atoms with E-state index in [1.54, 1.807) is 0 Å². The minimum absolute atomic E-state index is 0.0953. The Labute approximate surface area is 135 Å². The number of aryl methyl sites for hydroxylation is 1. The topological polar surface area (TPSA) is 185 Å². The van der Waals surface area contributed by atoms with E-state index >= 15 is 0 Å². The lowest BCUT2D eigenvalue weighted by Crippen LogP contribution is -2.68. The van der Waals surface area contributed by atoms with E-state index in [2.05, 4.69) is 10.3 Å². The van der Waals surface area contributed by atoms with Crippen LogP contribution in [0.15, 0.2) is 16.9 Å². The van der Waals surface area contributed by atoms with Gasteiger partial charge in [0, 0.05) is 17.8 Å². The van der Waals surface area contributed by atoms with E-state index in [4.69, 9.17) is 22.9 Å². The zero-order chi connectivity index (χ0) is 17.8. The van der Waals surface area contributed by atoms with Crippen LogP contribution in [0.3, 0.4) is 0 Å². The Kier molecular flexibility index (Phi) is 3.32. The molecule has 1 aromatic heterocycles. The molecule has 3 rings (SSSR count). The maximum Gasteiger partial charge on any atom is 0.267 e. The predicted octanol–water partition coefficient (Wildman–Crippen LogP) is -2.15.